The normalized spacial score (nSPS) is 50.8. The number of ether oxygens (including phenoxy) is 3. The van der Waals surface area contributed by atoms with Crippen LogP contribution >= 0.6 is 0 Å². The fourth-order valence-electron chi connectivity index (χ4n) is 10.0. The molecule has 5 heteroatoms. The first-order chi connectivity index (χ1) is 14.6. The minimum atomic E-state index is -0.365. The van der Waals surface area contributed by atoms with Gasteiger partial charge in [-0.05, 0) is 68.5 Å². The number of hydrogen-bond donors (Lipinski definition) is 1. The van der Waals surface area contributed by atoms with E-state index in [9.17, 15) is 5.11 Å². The van der Waals surface area contributed by atoms with E-state index in [1.165, 1.54) is 30.5 Å². The van der Waals surface area contributed by atoms with Crippen LogP contribution in [0, 0.1) is 22.7 Å². The number of piperidine rings is 1. The smallest absolute Gasteiger partial charge is 0.165 e. The highest BCUT2D eigenvalue weighted by molar-refractivity contribution is 5.66. The maximum atomic E-state index is 10.7. The van der Waals surface area contributed by atoms with Gasteiger partial charge in [0.2, 0.25) is 0 Å². The Morgan fingerprint density at radius 1 is 1.27 bits per heavy atom. The molecule has 5 fully saturated rings. The van der Waals surface area contributed by atoms with Crippen LogP contribution in [0.5, 0.6) is 11.5 Å². The minimum Gasteiger partial charge on any atom is -0.493 e. The van der Waals surface area contributed by atoms with Crippen molar-refractivity contribution >= 4 is 0 Å². The average molecular weight is 410 g/mol. The van der Waals surface area contributed by atoms with Gasteiger partial charge in [0.1, 0.15) is 11.7 Å². The maximum Gasteiger partial charge on any atom is 0.165 e. The molecule has 160 valence electrons. The van der Waals surface area contributed by atoms with E-state index in [4.69, 9.17) is 14.2 Å². The second-order valence-corrected chi connectivity index (χ2v) is 11.4. The van der Waals surface area contributed by atoms with Gasteiger partial charge >= 0.3 is 0 Å². The van der Waals surface area contributed by atoms with E-state index in [2.05, 4.69) is 17.0 Å². The molecule has 5 aliphatic carbocycles. The molecule has 7 aliphatic rings. The van der Waals surface area contributed by atoms with Crippen molar-refractivity contribution in [1.29, 1.82) is 0 Å². The second-order valence-electron chi connectivity index (χ2n) is 11.4. The van der Waals surface area contributed by atoms with Crippen LogP contribution in [0.3, 0.4) is 0 Å². The van der Waals surface area contributed by atoms with Gasteiger partial charge in [-0.1, -0.05) is 6.07 Å². The fourth-order valence-corrected chi connectivity index (χ4v) is 10.0. The van der Waals surface area contributed by atoms with Crippen LogP contribution in [0.1, 0.15) is 43.2 Å². The lowest BCUT2D eigenvalue weighted by Gasteiger charge is -2.90. The number of benzene rings is 1. The SMILES string of the molecule is COc1ccc2c3c1OC1C4(OC)CC5C4(CO)CC54C(C2)N(CC2CC2)CCC314. The van der Waals surface area contributed by atoms with Crippen molar-refractivity contribution in [2.45, 2.75) is 61.7 Å². The zero-order valence-electron chi connectivity index (χ0n) is 17.9. The highest BCUT2D eigenvalue weighted by Gasteiger charge is 2.96. The highest BCUT2D eigenvalue weighted by atomic mass is 16.6. The maximum absolute atomic E-state index is 10.7. The van der Waals surface area contributed by atoms with Gasteiger partial charge in [-0.2, -0.15) is 0 Å². The molecule has 0 radical (unpaired) electrons. The summed E-state index contributed by atoms with van der Waals surface area (Å²) in [5, 5.41) is 10.7. The Balaban J connectivity index is 1.40. The number of aliphatic hydroxyl groups excluding tert-OH is 1. The lowest BCUT2D eigenvalue weighted by Crippen LogP contribution is -2.97. The molecule has 7 atom stereocenters. The van der Waals surface area contributed by atoms with Crippen LogP contribution in [-0.2, 0) is 16.6 Å². The van der Waals surface area contributed by atoms with Gasteiger partial charge < -0.3 is 19.3 Å². The third-order valence-corrected chi connectivity index (χ3v) is 11.1. The summed E-state index contributed by atoms with van der Waals surface area (Å²) in [5.41, 5.74) is 2.67. The number of hydrogen-bond acceptors (Lipinski definition) is 5. The molecule has 7 unspecified atom stereocenters. The minimum absolute atomic E-state index is 0.00294. The first kappa shape index (κ1) is 17.3. The van der Waals surface area contributed by atoms with E-state index < -0.39 is 0 Å². The van der Waals surface area contributed by atoms with E-state index in [-0.39, 0.29) is 34.6 Å². The zero-order valence-corrected chi connectivity index (χ0v) is 17.9. The molecular formula is C25H31NO4. The molecule has 1 N–H and O–H groups in total. The first-order valence-corrected chi connectivity index (χ1v) is 11.9. The molecule has 30 heavy (non-hydrogen) atoms. The summed E-state index contributed by atoms with van der Waals surface area (Å²) in [6.45, 7) is 2.65. The van der Waals surface area contributed by atoms with Crippen LogP contribution < -0.4 is 9.47 Å². The number of methoxy groups -OCH3 is 2. The first-order valence-electron chi connectivity index (χ1n) is 11.9. The standard InChI is InChI=1S/C25H31NO4/c1-28-16-6-5-15-9-18-24-12-22(13-27)17(24)10-25(22,29-2)21-23(24,19(15)20(16)30-21)7-8-26(18)11-14-3-4-14/h5-6,14,17-18,21,27H,3-4,7-13H2,1-2H3. The van der Waals surface area contributed by atoms with Crippen molar-refractivity contribution in [3.63, 3.8) is 0 Å². The van der Waals surface area contributed by atoms with Gasteiger partial charge in [0.05, 0.1) is 13.7 Å². The molecule has 5 nitrogen and oxygen atoms in total. The van der Waals surface area contributed by atoms with Crippen LogP contribution in [0.4, 0.5) is 0 Å². The Labute approximate surface area is 177 Å². The summed E-state index contributed by atoms with van der Waals surface area (Å²) in [5.74, 6) is 3.30. The summed E-state index contributed by atoms with van der Waals surface area (Å²) in [7, 11) is 3.60. The summed E-state index contributed by atoms with van der Waals surface area (Å²) >= 11 is 0. The predicted molar refractivity (Wildman–Crippen MR) is 110 cm³/mol. The summed E-state index contributed by atoms with van der Waals surface area (Å²) < 4.78 is 19.1. The lowest BCUT2D eigenvalue weighted by molar-refractivity contribution is -0.454. The van der Waals surface area contributed by atoms with Gasteiger partial charge in [-0.25, -0.2) is 0 Å². The Morgan fingerprint density at radius 2 is 2.13 bits per heavy atom. The number of aliphatic hydroxyl groups is 1. The topological polar surface area (TPSA) is 51.2 Å². The van der Waals surface area contributed by atoms with Crippen molar-refractivity contribution in [2.75, 3.05) is 33.9 Å². The van der Waals surface area contributed by atoms with Crippen molar-refractivity contribution in [3.05, 3.63) is 23.3 Å². The fraction of sp³-hybridized carbons (Fsp3) is 0.760. The van der Waals surface area contributed by atoms with Gasteiger partial charge in [0.15, 0.2) is 11.5 Å². The summed E-state index contributed by atoms with van der Waals surface area (Å²) in [4.78, 5) is 2.85. The van der Waals surface area contributed by atoms with Crippen molar-refractivity contribution in [3.8, 4) is 11.5 Å². The predicted octanol–water partition coefficient (Wildman–Crippen LogP) is 2.52. The van der Waals surface area contributed by atoms with Crippen molar-refractivity contribution in [2.24, 2.45) is 22.7 Å². The average Bonchev–Trinajstić information content (AvgIpc) is 3.50. The molecule has 0 aromatic heterocycles. The van der Waals surface area contributed by atoms with E-state index in [1.54, 1.807) is 7.11 Å². The van der Waals surface area contributed by atoms with Crippen LogP contribution in [-0.4, -0.2) is 61.7 Å². The highest BCUT2D eigenvalue weighted by Crippen LogP contribution is 2.91. The van der Waals surface area contributed by atoms with Crippen LogP contribution in [0.2, 0.25) is 0 Å². The van der Waals surface area contributed by atoms with E-state index >= 15 is 0 Å². The quantitative estimate of drug-likeness (QED) is 0.810. The third-order valence-electron chi connectivity index (χ3n) is 11.1. The summed E-state index contributed by atoms with van der Waals surface area (Å²) in [6.07, 6.45) is 7.21. The lowest BCUT2D eigenvalue weighted by atomic mass is 9.16. The third kappa shape index (κ3) is 1.36. The van der Waals surface area contributed by atoms with Crippen LogP contribution in [0.25, 0.3) is 0 Å². The number of fused-ring (bicyclic) bond motifs is 1. The molecule has 1 aromatic rings. The molecular weight excluding hydrogens is 378 g/mol. The van der Waals surface area contributed by atoms with E-state index in [0.29, 0.717) is 12.0 Å². The molecule has 2 spiro atoms. The van der Waals surface area contributed by atoms with Crippen molar-refractivity contribution < 1.29 is 19.3 Å². The van der Waals surface area contributed by atoms with Gasteiger partial charge in [-0.3, -0.25) is 4.90 Å². The molecule has 6 bridgehead atoms. The zero-order chi connectivity index (χ0) is 20.1. The summed E-state index contributed by atoms with van der Waals surface area (Å²) in [6, 6.07) is 4.99. The number of nitrogens with zero attached hydrogens (tertiary/aromatic N) is 1. The second kappa shape index (κ2) is 4.87. The molecule has 2 heterocycles. The molecule has 2 aliphatic heterocycles. The molecule has 0 amide bonds. The van der Waals surface area contributed by atoms with E-state index in [0.717, 1.165) is 49.6 Å². The van der Waals surface area contributed by atoms with Gasteiger partial charge in [0.25, 0.3) is 0 Å². The largest absolute Gasteiger partial charge is 0.493 e. The Hall–Kier alpha value is -1.30. The van der Waals surface area contributed by atoms with E-state index in [1.807, 2.05) is 7.11 Å². The van der Waals surface area contributed by atoms with Gasteiger partial charge in [0, 0.05) is 41.5 Å². The molecule has 8 rings (SSSR count). The number of likely N-dealkylation sites (tertiary alicyclic amines) is 1. The van der Waals surface area contributed by atoms with Crippen LogP contribution in [0.15, 0.2) is 12.1 Å². The number of rotatable bonds is 5. The molecule has 1 aromatic carbocycles. The Bertz CT molecular complexity index is 992. The van der Waals surface area contributed by atoms with Gasteiger partial charge in [-0.15, -0.1) is 0 Å². The Kier molecular flexibility index (Phi) is 2.80. The van der Waals surface area contributed by atoms with Crippen molar-refractivity contribution in [1.82, 2.24) is 4.90 Å². The molecule has 4 saturated carbocycles. The molecule has 1 saturated heterocycles. The Morgan fingerprint density at radius 3 is 2.83 bits per heavy atom. The monoisotopic (exact) mass is 409 g/mol.